The average Bonchev–Trinajstić information content (AvgIpc) is 1.58. The summed E-state index contributed by atoms with van der Waals surface area (Å²) < 4.78 is 35.4. The highest BCUT2D eigenvalue weighted by Gasteiger charge is 2.24. The van der Waals surface area contributed by atoms with Gasteiger partial charge >= 0.3 is 0 Å². The highest BCUT2D eigenvalue weighted by atomic mass is 32.1. The summed E-state index contributed by atoms with van der Waals surface area (Å²) in [5.74, 6) is 0. The molecule has 0 unspecified atom stereocenters. The van der Waals surface area contributed by atoms with Crippen LogP contribution in [0.15, 0.2) is 146 Å². The summed E-state index contributed by atoms with van der Waals surface area (Å²) in [5, 5.41) is 24.9. The predicted molar refractivity (Wildman–Crippen MR) is 408 cm³/mol. The lowest BCUT2D eigenvalue weighted by Crippen LogP contribution is -1.79. The van der Waals surface area contributed by atoms with E-state index in [0.717, 1.165) is 0 Å². The molecule has 0 fully saturated rings. The van der Waals surface area contributed by atoms with Gasteiger partial charge in [0.25, 0.3) is 0 Å². The van der Waals surface area contributed by atoms with Gasteiger partial charge in [-0.05, 0) is 170 Å². The monoisotopic (exact) mass is 1340 g/mol. The van der Waals surface area contributed by atoms with Crippen molar-refractivity contribution >= 4 is 342 Å². The molecule has 0 aliphatic rings. The Balaban J connectivity index is 0.658. The fraction of sp³-hybridized carbons (Fsp3) is 0.0541. The van der Waals surface area contributed by atoms with Gasteiger partial charge in [-0.3, -0.25) is 0 Å². The maximum Gasteiger partial charge on any atom is 0.0806 e. The quantitative estimate of drug-likeness (QED) is 0.151. The predicted octanol–water partition coefficient (Wildman–Crippen LogP) is 27.8. The zero-order valence-corrected chi connectivity index (χ0v) is 56.1. The number of methoxy groups -OCH3 is 2. The summed E-state index contributed by atoms with van der Waals surface area (Å²) >= 11 is 22.9. The number of rotatable bonds is 8. The Hall–Kier alpha value is -6.54. The van der Waals surface area contributed by atoms with Crippen molar-refractivity contribution in [3.05, 3.63) is 175 Å². The van der Waals surface area contributed by atoms with Crippen molar-refractivity contribution in [3.8, 4) is 0 Å². The van der Waals surface area contributed by atoms with Crippen LogP contribution in [0.2, 0.25) is 0 Å². The summed E-state index contributed by atoms with van der Waals surface area (Å²) in [6.07, 6.45) is 9.45. The first-order chi connectivity index (χ1) is 43.4. The van der Waals surface area contributed by atoms with Gasteiger partial charge in [0.2, 0.25) is 0 Å². The van der Waals surface area contributed by atoms with Gasteiger partial charge in [-0.15, -0.1) is 136 Å². The van der Waals surface area contributed by atoms with Gasteiger partial charge in [-0.25, -0.2) is 0 Å². The van der Waals surface area contributed by atoms with Gasteiger partial charge in [-0.2, -0.15) is 0 Å². The first-order valence-corrected chi connectivity index (χ1v) is 38.5. The van der Waals surface area contributed by atoms with Crippen LogP contribution in [0.25, 0.3) is 206 Å². The number of thiophene rings is 12. The maximum atomic E-state index is 5.59. The Labute approximate surface area is 547 Å². The second-order valence-corrected chi connectivity index (χ2v) is 36.0. The molecule has 21 rings (SSSR count). The van der Waals surface area contributed by atoms with E-state index in [2.05, 4.69) is 170 Å². The van der Waals surface area contributed by atoms with Gasteiger partial charge < -0.3 is 9.47 Å². The number of benzene rings is 9. The highest BCUT2D eigenvalue weighted by Crippen LogP contribution is 2.54. The van der Waals surface area contributed by atoms with Crippen molar-refractivity contribution in [1.82, 2.24) is 0 Å². The summed E-state index contributed by atoms with van der Waals surface area (Å²) in [7, 11) is 3.58. The molecule has 0 spiro atoms. The number of ether oxygens (including phenoxy) is 2. The van der Waals surface area contributed by atoms with Gasteiger partial charge in [0.05, 0.1) is 13.2 Å². The Morgan fingerprint density at radius 1 is 0.216 bits per heavy atom. The van der Waals surface area contributed by atoms with E-state index in [1.54, 1.807) is 14.2 Å². The lowest BCUT2D eigenvalue weighted by Gasteiger charge is -2.00. The van der Waals surface area contributed by atoms with E-state index in [-0.39, 0.29) is 0 Å². The lowest BCUT2D eigenvalue weighted by atomic mass is 10.0. The molecule has 0 N–H and O–H groups in total. The smallest absolute Gasteiger partial charge is 0.0806 e. The minimum absolute atomic E-state index is 0.639. The third-order valence-corrected chi connectivity index (χ3v) is 30.9. The molecule has 0 aliphatic carbocycles. The number of hydrogen-bond acceptors (Lipinski definition) is 14. The van der Waals surface area contributed by atoms with Crippen LogP contribution in [0.1, 0.15) is 29.3 Å². The molecule has 0 saturated carbocycles. The molecule has 0 saturated heterocycles. The molecule has 12 aromatic heterocycles. The van der Waals surface area contributed by atoms with Crippen LogP contribution >= 0.6 is 136 Å². The SMILES string of the molecule is COCc1cc2c(ccc3sc4ccc5sc6ccc7sc(/C=C\c8cc9c(ccc%10sc%11ccc%12sc%13ccc%14sc(/C=C/c%15cc%16c(ccc%17sc%18ccc%19sc%20ccc%21sc(COC)cc%21c%20c%19c%18c%17%16)s%15)cc%14c%13c%12c%11c%109)s8)cc7c6c5c4c32)s1. The summed E-state index contributed by atoms with van der Waals surface area (Å²) in [5.41, 5.74) is 0. The van der Waals surface area contributed by atoms with Gasteiger partial charge in [0, 0.05) is 225 Å². The topological polar surface area (TPSA) is 18.5 Å². The van der Waals surface area contributed by atoms with E-state index in [4.69, 9.17) is 9.47 Å². The highest BCUT2D eigenvalue weighted by molar-refractivity contribution is 7.31. The van der Waals surface area contributed by atoms with E-state index in [9.17, 15) is 0 Å². The van der Waals surface area contributed by atoms with Gasteiger partial charge in [0.15, 0.2) is 0 Å². The third kappa shape index (κ3) is 7.32. The average molecular weight is 1340 g/mol. The first kappa shape index (κ1) is 51.2. The molecule has 0 aliphatic heterocycles. The Bertz CT molecular complexity index is 6320. The molecule has 21 aromatic rings. The zero-order valence-electron chi connectivity index (χ0n) is 46.3. The number of hydrogen-bond donors (Lipinski definition) is 0. The van der Waals surface area contributed by atoms with E-state index >= 15 is 0 Å². The molecular formula is C74H38O2S12. The molecule has 9 aromatic carbocycles. The van der Waals surface area contributed by atoms with Crippen LogP contribution in [0.5, 0.6) is 0 Å². The van der Waals surface area contributed by atoms with E-state index < -0.39 is 0 Å². The van der Waals surface area contributed by atoms with Crippen LogP contribution in [0, 0.1) is 0 Å². The first-order valence-electron chi connectivity index (χ1n) is 28.7. The van der Waals surface area contributed by atoms with Gasteiger partial charge in [-0.1, -0.05) is 0 Å². The van der Waals surface area contributed by atoms with Crippen LogP contribution in [-0.2, 0) is 22.7 Å². The molecule has 88 heavy (non-hydrogen) atoms. The van der Waals surface area contributed by atoms with Crippen LogP contribution in [-0.4, -0.2) is 14.2 Å². The Morgan fingerprint density at radius 2 is 0.398 bits per heavy atom. The van der Waals surface area contributed by atoms with Gasteiger partial charge in [0.1, 0.15) is 0 Å². The maximum absolute atomic E-state index is 5.59. The Morgan fingerprint density at radius 3 is 0.614 bits per heavy atom. The zero-order chi connectivity index (χ0) is 57.4. The molecule has 12 heterocycles. The van der Waals surface area contributed by atoms with Crippen molar-refractivity contribution in [2.75, 3.05) is 14.2 Å². The third-order valence-electron chi connectivity index (χ3n) is 17.8. The van der Waals surface area contributed by atoms with Crippen LogP contribution in [0.3, 0.4) is 0 Å². The van der Waals surface area contributed by atoms with Crippen LogP contribution in [0.4, 0.5) is 0 Å². The molecule has 2 nitrogen and oxygen atoms in total. The minimum Gasteiger partial charge on any atom is -0.379 e. The van der Waals surface area contributed by atoms with E-state index in [1.807, 2.05) is 136 Å². The molecule has 14 heteroatoms. The van der Waals surface area contributed by atoms with E-state index in [0.29, 0.717) is 13.2 Å². The largest absolute Gasteiger partial charge is 0.379 e. The second-order valence-electron chi connectivity index (χ2n) is 22.7. The molecular weight excluding hydrogens is 1310 g/mol. The van der Waals surface area contributed by atoms with Crippen molar-refractivity contribution in [2.24, 2.45) is 0 Å². The Kier molecular flexibility index (Phi) is 11.1. The molecule has 0 atom stereocenters. The van der Waals surface area contributed by atoms with Crippen molar-refractivity contribution in [1.29, 1.82) is 0 Å². The second kappa shape index (κ2) is 19.0. The lowest BCUT2D eigenvalue weighted by molar-refractivity contribution is 0.187. The molecule has 0 bridgehead atoms. The summed E-state index contributed by atoms with van der Waals surface area (Å²) in [6, 6.07) is 56.9. The number of fused-ring (bicyclic) bond motifs is 33. The van der Waals surface area contributed by atoms with Crippen molar-refractivity contribution in [3.63, 3.8) is 0 Å². The molecule has 418 valence electrons. The summed E-state index contributed by atoms with van der Waals surface area (Å²) in [4.78, 5) is 7.66. The van der Waals surface area contributed by atoms with E-state index in [1.165, 1.54) is 211 Å². The van der Waals surface area contributed by atoms with Crippen LogP contribution < -0.4 is 0 Å². The molecule has 0 amide bonds. The summed E-state index contributed by atoms with van der Waals surface area (Å²) in [6.45, 7) is 1.28. The van der Waals surface area contributed by atoms with Crippen molar-refractivity contribution in [2.45, 2.75) is 13.2 Å². The molecule has 0 radical (unpaired) electrons. The normalized spacial score (nSPS) is 13.2. The minimum atomic E-state index is 0.639. The fourth-order valence-corrected chi connectivity index (χ4v) is 27.0. The fourth-order valence-electron chi connectivity index (χ4n) is 14.3. The standard InChI is InChI=1S/C74H38O2S12/c1-75-31-37-29-43-49(81-37)11-17-55-67(43)73-61(87-55)23-21-59-71(73)65-41-27-35(79-47(41)9-15-53(65)85-59)5-3-33-25-39-45(77-33)7-13-51-63(39)69-57(83-51)19-20-58-70(69)64-40-26-34(78-46(40)8-14-52(64)84-58)4-6-36-28-42-48(80-36)10-16-54-66(42)72-60(86-54)22-24-62-74(72)68-44-30-38(32-76-2)82-50(44)12-18-56(68)88-62/h3-30H,31-32H2,1-2H3/b5-3-,6-4+. The van der Waals surface area contributed by atoms with Crippen molar-refractivity contribution < 1.29 is 9.47 Å².